The van der Waals surface area contributed by atoms with E-state index in [1.54, 1.807) is 30.8 Å². The Morgan fingerprint density at radius 2 is 2.00 bits per heavy atom. The molecular weight excluding hydrogens is 262 g/mol. The fraction of sp³-hybridized carbons (Fsp3) is 0.308. The number of benzene rings is 1. The second kappa shape index (κ2) is 5.44. The van der Waals surface area contributed by atoms with Gasteiger partial charge >= 0.3 is 0 Å². The van der Waals surface area contributed by atoms with Crippen LogP contribution in [0.25, 0.3) is 0 Å². The van der Waals surface area contributed by atoms with Gasteiger partial charge in [-0.25, -0.2) is 8.42 Å². The molecule has 0 amide bonds. The Kier molecular flexibility index (Phi) is 3.90. The lowest BCUT2D eigenvalue weighted by atomic mass is 10.2. The quantitative estimate of drug-likeness (QED) is 0.911. The molecule has 0 radical (unpaired) electrons. The third kappa shape index (κ3) is 3.35. The summed E-state index contributed by atoms with van der Waals surface area (Å²) in [4.78, 5) is 0. The molecule has 0 aliphatic rings. The van der Waals surface area contributed by atoms with Crippen LogP contribution in [0.15, 0.2) is 42.7 Å². The van der Waals surface area contributed by atoms with Crippen LogP contribution in [0, 0.1) is 0 Å². The van der Waals surface area contributed by atoms with E-state index in [1.165, 1.54) is 0 Å². The van der Waals surface area contributed by atoms with Gasteiger partial charge in [-0.3, -0.25) is 9.40 Å². The van der Waals surface area contributed by atoms with Gasteiger partial charge in [-0.2, -0.15) is 5.10 Å². The van der Waals surface area contributed by atoms with Gasteiger partial charge in [0, 0.05) is 12.4 Å². The van der Waals surface area contributed by atoms with E-state index >= 15 is 0 Å². The van der Waals surface area contributed by atoms with Crippen LogP contribution in [0.5, 0.6) is 0 Å². The second-order valence-electron chi connectivity index (χ2n) is 4.56. The van der Waals surface area contributed by atoms with Crippen LogP contribution in [0.2, 0.25) is 0 Å². The highest BCUT2D eigenvalue weighted by Gasteiger charge is 2.17. The van der Waals surface area contributed by atoms with Crippen molar-refractivity contribution in [3.05, 3.63) is 48.3 Å². The Balaban J connectivity index is 2.27. The standard InChI is InChI=1S/C13H17N3O2S/c1-11(2)19(17,18)15-13-7-4-3-6-12(13)10-16-9-5-8-14-16/h3-9,11,15H,10H2,1-2H3. The number of hydrogen-bond donors (Lipinski definition) is 1. The van der Waals surface area contributed by atoms with Crippen molar-refractivity contribution in [1.29, 1.82) is 0 Å². The molecule has 0 unspecified atom stereocenters. The normalized spacial score (nSPS) is 11.7. The minimum Gasteiger partial charge on any atom is -0.283 e. The van der Waals surface area contributed by atoms with Gasteiger partial charge in [0.25, 0.3) is 0 Å². The summed E-state index contributed by atoms with van der Waals surface area (Å²) < 4.78 is 28.2. The first kappa shape index (κ1) is 13.6. The molecule has 0 fully saturated rings. The highest BCUT2D eigenvalue weighted by Crippen LogP contribution is 2.18. The van der Waals surface area contributed by atoms with Crippen molar-refractivity contribution in [3.63, 3.8) is 0 Å². The fourth-order valence-electron chi connectivity index (χ4n) is 1.60. The van der Waals surface area contributed by atoms with Crippen molar-refractivity contribution >= 4 is 15.7 Å². The molecule has 1 aromatic carbocycles. The summed E-state index contributed by atoms with van der Waals surface area (Å²) in [6, 6.07) is 9.18. The first-order valence-electron chi connectivity index (χ1n) is 6.06. The fourth-order valence-corrected chi connectivity index (χ4v) is 2.34. The predicted octanol–water partition coefficient (Wildman–Crippen LogP) is 2.08. The molecular formula is C13H17N3O2S. The number of para-hydroxylation sites is 1. The zero-order valence-corrected chi connectivity index (χ0v) is 11.8. The smallest absolute Gasteiger partial charge is 0.235 e. The highest BCUT2D eigenvalue weighted by atomic mass is 32.2. The molecule has 1 N–H and O–H groups in total. The summed E-state index contributed by atoms with van der Waals surface area (Å²) in [5.74, 6) is 0. The Bertz CT molecular complexity index is 634. The Hall–Kier alpha value is -1.82. The SMILES string of the molecule is CC(C)S(=O)(=O)Nc1ccccc1Cn1cccn1. The topological polar surface area (TPSA) is 64.0 Å². The number of hydrogen-bond acceptors (Lipinski definition) is 3. The summed E-state index contributed by atoms with van der Waals surface area (Å²) in [6.07, 6.45) is 3.54. The first-order valence-corrected chi connectivity index (χ1v) is 7.60. The van der Waals surface area contributed by atoms with E-state index in [0.29, 0.717) is 12.2 Å². The van der Waals surface area contributed by atoms with Crippen LogP contribution >= 0.6 is 0 Å². The van der Waals surface area contributed by atoms with Gasteiger partial charge in [-0.05, 0) is 31.5 Å². The van der Waals surface area contributed by atoms with Crippen molar-refractivity contribution in [2.75, 3.05) is 4.72 Å². The second-order valence-corrected chi connectivity index (χ2v) is 6.79. The van der Waals surface area contributed by atoms with Crippen molar-refractivity contribution in [1.82, 2.24) is 9.78 Å². The number of nitrogens with one attached hydrogen (secondary N) is 1. The van der Waals surface area contributed by atoms with Crippen LogP contribution in [-0.4, -0.2) is 23.4 Å². The van der Waals surface area contributed by atoms with Crippen LogP contribution in [0.4, 0.5) is 5.69 Å². The lowest BCUT2D eigenvalue weighted by Gasteiger charge is -2.14. The van der Waals surface area contributed by atoms with E-state index in [9.17, 15) is 8.42 Å². The van der Waals surface area contributed by atoms with Crippen molar-refractivity contribution < 1.29 is 8.42 Å². The summed E-state index contributed by atoms with van der Waals surface area (Å²) in [5.41, 5.74) is 1.49. The molecule has 0 atom stereocenters. The Morgan fingerprint density at radius 1 is 1.26 bits per heavy atom. The zero-order valence-electron chi connectivity index (χ0n) is 10.9. The maximum atomic E-state index is 11.9. The summed E-state index contributed by atoms with van der Waals surface area (Å²) in [5, 5.41) is 3.66. The summed E-state index contributed by atoms with van der Waals surface area (Å²) in [7, 11) is -3.33. The molecule has 0 bridgehead atoms. The summed E-state index contributed by atoms with van der Waals surface area (Å²) in [6.45, 7) is 3.83. The summed E-state index contributed by atoms with van der Waals surface area (Å²) >= 11 is 0. The largest absolute Gasteiger partial charge is 0.283 e. The van der Waals surface area contributed by atoms with Crippen molar-refractivity contribution in [3.8, 4) is 0 Å². The molecule has 0 aliphatic heterocycles. The van der Waals surface area contributed by atoms with Gasteiger partial charge < -0.3 is 0 Å². The van der Waals surface area contributed by atoms with Crippen LogP contribution in [0.1, 0.15) is 19.4 Å². The van der Waals surface area contributed by atoms with Crippen molar-refractivity contribution in [2.45, 2.75) is 25.6 Å². The lowest BCUT2D eigenvalue weighted by Crippen LogP contribution is -2.23. The third-order valence-corrected chi connectivity index (χ3v) is 4.53. The first-order chi connectivity index (χ1) is 8.99. The molecule has 0 aliphatic carbocycles. The highest BCUT2D eigenvalue weighted by molar-refractivity contribution is 7.93. The number of anilines is 1. The van der Waals surface area contributed by atoms with Crippen LogP contribution < -0.4 is 4.72 Å². The molecule has 2 aromatic rings. The molecule has 2 rings (SSSR count). The van der Waals surface area contributed by atoms with Crippen LogP contribution in [0.3, 0.4) is 0 Å². The monoisotopic (exact) mass is 279 g/mol. The molecule has 1 aromatic heterocycles. The molecule has 5 nitrogen and oxygen atoms in total. The predicted molar refractivity (Wildman–Crippen MR) is 75.4 cm³/mol. The molecule has 0 spiro atoms. The molecule has 102 valence electrons. The molecule has 0 saturated carbocycles. The van der Waals surface area contributed by atoms with E-state index < -0.39 is 15.3 Å². The van der Waals surface area contributed by atoms with Gasteiger partial charge in [0.05, 0.1) is 17.5 Å². The molecule has 6 heteroatoms. The number of rotatable bonds is 5. The van der Waals surface area contributed by atoms with E-state index in [0.717, 1.165) is 5.56 Å². The third-order valence-electron chi connectivity index (χ3n) is 2.78. The molecule has 1 heterocycles. The molecule has 0 saturated heterocycles. The average Bonchev–Trinajstić information content (AvgIpc) is 2.84. The van der Waals surface area contributed by atoms with Gasteiger partial charge in [-0.1, -0.05) is 18.2 Å². The zero-order chi connectivity index (χ0) is 13.9. The van der Waals surface area contributed by atoms with E-state index in [-0.39, 0.29) is 0 Å². The maximum absolute atomic E-state index is 11.9. The van der Waals surface area contributed by atoms with Gasteiger partial charge in [0.2, 0.25) is 10.0 Å². The van der Waals surface area contributed by atoms with E-state index in [1.807, 2.05) is 30.5 Å². The Labute approximate surface area is 113 Å². The number of nitrogens with zero attached hydrogens (tertiary/aromatic N) is 2. The minimum absolute atomic E-state index is 0.467. The van der Waals surface area contributed by atoms with E-state index in [4.69, 9.17) is 0 Å². The number of aromatic nitrogens is 2. The number of sulfonamides is 1. The maximum Gasteiger partial charge on any atom is 0.235 e. The van der Waals surface area contributed by atoms with Crippen molar-refractivity contribution in [2.24, 2.45) is 0 Å². The van der Waals surface area contributed by atoms with E-state index in [2.05, 4.69) is 9.82 Å². The van der Waals surface area contributed by atoms with Gasteiger partial charge in [-0.15, -0.1) is 0 Å². The average molecular weight is 279 g/mol. The van der Waals surface area contributed by atoms with Crippen LogP contribution in [-0.2, 0) is 16.6 Å². The van der Waals surface area contributed by atoms with Gasteiger partial charge in [0.1, 0.15) is 0 Å². The molecule has 19 heavy (non-hydrogen) atoms. The lowest BCUT2D eigenvalue weighted by molar-refractivity contribution is 0.592. The Morgan fingerprint density at radius 3 is 2.63 bits per heavy atom. The minimum atomic E-state index is -3.33. The van der Waals surface area contributed by atoms with Gasteiger partial charge in [0.15, 0.2) is 0 Å².